The number of carbonyl (C=O) groups is 3. The fourth-order valence-electron chi connectivity index (χ4n) is 4.84. The van der Waals surface area contributed by atoms with Crippen molar-refractivity contribution >= 4 is 35.2 Å². The van der Waals surface area contributed by atoms with Gasteiger partial charge in [0.1, 0.15) is 17.7 Å². The zero-order valence-corrected chi connectivity index (χ0v) is 27.4. The Morgan fingerprint density at radius 2 is 1.64 bits per heavy atom. The number of amides is 3. The first-order valence-corrected chi connectivity index (χ1v) is 15.6. The molecule has 0 saturated heterocycles. The standard InChI is InChI=1S/C34H50ClN3O4/c1-9-11-12-13-14-21-38(32(40)29(24(4)10-2)37-33(41)42-34(6,7)8)30(26-19-15-17-23(3)22-26)31(39)36-28-25(5)18-16-20-27(28)35/h15-20,22,24,29-30H,9-14,21H2,1-8H3,(H,36,39)(H,37,41). The largest absolute Gasteiger partial charge is 0.444 e. The molecule has 2 rings (SSSR count). The number of unbranched alkanes of at least 4 members (excludes halogenated alkanes) is 4. The lowest BCUT2D eigenvalue weighted by Crippen LogP contribution is -2.55. The third-order valence-electron chi connectivity index (χ3n) is 7.32. The maximum atomic E-state index is 14.5. The molecule has 2 aromatic rings. The van der Waals surface area contributed by atoms with Crippen LogP contribution >= 0.6 is 11.6 Å². The van der Waals surface area contributed by atoms with Gasteiger partial charge in [-0.2, -0.15) is 0 Å². The molecule has 2 N–H and O–H groups in total. The van der Waals surface area contributed by atoms with Crippen LogP contribution in [-0.4, -0.2) is 41.0 Å². The maximum absolute atomic E-state index is 14.5. The van der Waals surface area contributed by atoms with Crippen LogP contribution in [0.25, 0.3) is 0 Å². The van der Waals surface area contributed by atoms with Crippen LogP contribution in [0.2, 0.25) is 5.02 Å². The van der Waals surface area contributed by atoms with E-state index in [1.165, 1.54) is 0 Å². The van der Waals surface area contributed by atoms with Gasteiger partial charge >= 0.3 is 6.09 Å². The van der Waals surface area contributed by atoms with Crippen molar-refractivity contribution in [2.75, 3.05) is 11.9 Å². The van der Waals surface area contributed by atoms with Gasteiger partial charge in [-0.25, -0.2) is 4.79 Å². The van der Waals surface area contributed by atoms with E-state index in [9.17, 15) is 14.4 Å². The van der Waals surface area contributed by atoms with Gasteiger partial charge in [-0.1, -0.05) is 106 Å². The molecule has 0 aliphatic rings. The normalized spacial score (nSPS) is 13.5. The molecular formula is C34H50ClN3O4. The molecule has 42 heavy (non-hydrogen) atoms. The van der Waals surface area contributed by atoms with E-state index in [-0.39, 0.29) is 17.7 Å². The van der Waals surface area contributed by atoms with E-state index in [4.69, 9.17) is 16.3 Å². The summed E-state index contributed by atoms with van der Waals surface area (Å²) in [5.41, 5.74) is 2.28. The number of alkyl carbamates (subject to hydrolysis) is 1. The summed E-state index contributed by atoms with van der Waals surface area (Å²) in [4.78, 5) is 43.2. The molecular weight excluding hydrogens is 550 g/mol. The highest BCUT2D eigenvalue weighted by atomic mass is 35.5. The average Bonchev–Trinajstić information content (AvgIpc) is 2.91. The van der Waals surface area contributed by atoms with E-state index < -0.39 is 23.8 Å². The SMILES string of the molecule is CCCCCCCN(C(=O)C(NC(=O)OC(C)(C)C)C(C)CC)C(C(=O)Nc1c(C)cccc1Cl)c1cccc(C)c1. The van der Waals surface area contributed by atoms with Gasteiger partial charge in [0, 0.05) is 6.54 Å². The molecule has 7 nitrogen and oxygen atoms in total. The van der Waals surface area contributed by atoms with Crippen LogP contribution in [0.4, 0.5) is 10.5 Å². The van der Waals surface area contributed by atoms with Crippen molar-refractivity contribution in [3.63, 3.8) is 0 Å². The van der Waals surface area contributed by atoms with Crippen LogP contribution < -0.4 is 10.6 Å². The van der Waals surface area contributed by atoms with E-state index in [0.717, 1.165) is 43.2 Å². The Morgan fingerprint density at radius 1 is 0.976 bits per heavy atom. The van der Waals surface area contributed by atoms with E-state index in [1.807, 2.05) is 64.1 Å². The predicted molar refractivity (Wildman–Crippen MR) is 172 cm³/mol. The molecule has 3 unspecified atom stereocenters. The number of nitrogens with zero attached hydrogens (tertiary/aromatic N) is 1. The van der Waals surface area contributed by atoms with Crippen molar-refractivity contribution in [3.05, 3.63) is 64.2 Å². The molecule has 0 spiro atoms. The van der Waals surface area contributed by atoms with Crippen LogP contribution in [0.1, 0.15) is 103 Å². The minimum atomic E-state index is -0.939. The maximum Gasteiger partial charge on any atom is 0.408 e. The molecule has 0 aliphatic carbocycles. The van der Waals surface area contributed by atoms with Crippen LogP contribution in [0.5, 0.6) is 0 Å². The minimum Gasteiger partial charge on any atom is -0.444 e. The van der Waals surface area contributed by atoms with E-state index in [2.05, 4.69) is 17.6 Å². The second kappa shape index (κ2) is 16.5. The predicted octanol–water partition coefficient (Wildman–Crippen LogP) is 8.38. The van der Waals surface area contributed by atoms with Crippen molar-refractivity contribution in [2.45, 2.75) is 112 Å². The lowest BCUT2D eigenvalue weighted by molar-refractivity contribution is -0.142. The van der Waals surface area contributed by atoms with Crippen LogP contribution in [0, 0.1) is 19.8 Å². The van der Waals surface area contributed by atoms with Gasteiger partial charge in [0.25, 0.3) is 5.91 Å². The first-order chi connectivity index (χ1) is 19.8. The number of aryl methyl sites for hydroxylation is 2. The summed E-state index contributed by atoms with van der Waals surface area (Å²) in [5.74, 6) is -0.873. The van der Waals surface area contributed by atoms with Crippen LogP contribution in [-0.2, 0) is 14.3 Å². The van der Waals surface area contributed by atoms with Gasteiger partial charge in [-0.05, 0) is 64.2 Å². The fraction of sp³-hybridized carbons (Fsp3) is 0.559. The molecule has 8 heteroatoms. The summed E-state index contributed by atoms with van der Waals surface area (Å²) in [6.45, 7) is 15.6. The topological polar surface area (TPSA) is 87.7 Å². The summed E-state index contributed by atoms with van der Waals surface area (Å²) in [6, 6.07) is 11.3. The highest BCUT2D eigenvalue weighted by molar-refractivity contribution is 6.34. The first kappa shape index (κ1) is 35.1. The monoisotopic (exact) mass is 599 g/mol. The van der Waals surface area contributed by atoms with Gasteiger partial charge in [0.2, 0.25) is 5.91 Å². The Kier molecular flexibility index (Phi) is 13.8. The van der Waals surface area contributed by atoms with Gasteiger partial charge in [-0.15, -0.1) is 0 Å². The molecule has 0 fully saturated rings. The zero-order chi connectivity index (χ0) is 31.4. The Bertz CT molecular complexity index is 1170. The summed E-state index contributed by atoms with van der Waals surface area (Å²) < 4.78 is 5.52. The molecule has 3 amide bonds. The molecule has 0 aliphatic heterocycles. The smallest absolute Gasteiger partial charge is 0.408 e. The first-order valence-electron chi connectivity index (χ1n) is 15.2. The number of nitrogens with one attached hydrogen (secondary N) is 2. The summed E-state index contributed by atoms with van der Waals surface area (Å²) in [5, 5.41) is 6.28. The second-order valence-electron chi connectivity index (χ2n) is 12.2. The number of rotatable bonds is 14. The van der Waals surface area contributed by atoms with Gasteiger partial charge in [-0.3, -0.25) is 9.59 Å². The van der Waals surface area contributed by atoms with E-state index >= 15 is 0 Å². The number of ether oxygens (including phenoxy) is 1. The number of para-hydroxylation sites is 1. The third kappa shape index (κ3) is 10.6. The van der Waals surface area contributed by atoms with E-state index in [1.54, 1.807) is 31.7 Å². The fourth-order valence-corrected chi connectivity index (χ4v) is 5.11. The number of benzene rings is 2. The number of carbonyl (C=O) groups excluding carboxylic acids is 3. The molecule has 0 saturated carbocycles. The molecule has 0 radical (unpaired) electrons. The van der Waals surface area contributed by atoms with Crippen molar-refractivity contribution in [2.24, 2.45) is 5.92 Å². The number of halogens is 1. The van der Waals surface area contributed by atoms with Gasteiger partial charge in [0.05, 0.1) is 10.7 Å². The van der Waals surface area contributed by atoms with Gasteiger partial charge < -0.3 is 20.3 Å². The van der Waals surface area contributed by atoms with Crippen molar-refractivity contribution in [3.8, 4) is 0 Å². The molecule has 0 bridgehead atoms. The summed E-state index contributed by atoms with van der Waals surface area (Å²) in [7, 11) is 0. The van der Waals surface area contributed by atoms with Gasteiger partial charge in [0.15, 0.2) is 0 Å². The van der Waals surface area contributed by atoms with Crippen molar-refractivity contribution < 1.29 is 19.1 Å². The lowest BCUT2D eigenvalue weighted by atomic mass is 9.95. The molecule has 0 heterocycles. The summed E-state index contributed by atoms with van der Waals surface area (Å²) in [6.07, 6.45) is 4.90. The van der Waals surface area contributed by atoms with Crippen LogP contribution in [0.15, 0.2) is 42.5 Å². The number of anilines is 1. The van der Waals surface area contributed by atoms with Crippen molar-refractivity contribution in [1.29, 1.82) is 0 Å². The second-order valence-corrected chi connectivity index (χ2v) is 12.6. The highest BCUT2D eigenvalue weighted by Gasteiger charge is 2.38. The molecule has 232 valence electrons. The Morgan fingerprint density at radius 3 is 2.24 bits per heavy atom. The number of hydrogen-bond acceptors (Lipinski definition) is 4. The zero-order valence-electron chi connectivity index (χ0n) is 26.7. The Labute approximate surface area is 257 Å². The molecule has 3 atom stereocenters. The highest BCUT2D eigenvalue weighted by Crippen LogP contribution is 2.30. The third-order valence-corrected chi connectivity index (χ3v) is 7.64. The Balaban J connectivity index is 2.59. The lowest BCUT2D eigenvalue weighted by Gasteiger charge is -2.36. The average molecular weight is 600 g/mol. The van der Waals surface area contributed by atoms with E-state index in [0.29, 0.717) is 29.2 Å². The quantitative estimate of drug-likeness (QED) is 0.213. The van der Waals surface area contributed by atoms with Crippen LogP contribution in [0.3, 0.4) is 0 Å². The molecule has 0 aromatic heterocycles. The molecule has 2 aromatic carbocycles. The van der Waals surface area contributed by atoms with Crippen molar-refractivity contribution in [1.82, 2.24) is 10.2 Å². The Hall–Kier alpha value is -3.06. The number of hydrogen-bond donors (Lipinski definition) is 2. The minimum absolute atomic E-state index is 0.195. The summed E-state index contributed by atoms with van der Waals surface area (Å²) >= 11 is 6.49.